The Morgan fingerprint density at radius 3 is 2.31 bits per heavy atom. The van der Waals surface area contributed by atoms with Crippen LogP contribution < -0.4 is 10.2 Å². The summed E-state index contributed by atoms with van der Waals surface area (Å²) in [5.41, 5.74) is 0. The fraction of sp³-hybridized carbons (Fsp3) is 0.714. The van der Waals surface area contributed by atoms with Gasteiger partial charge >= 0.3 is 18.1 Å². The first-order valence-electron chi connectivity index (χ1n) is 4.44. The molecule has 0 spiro atoms. The van der Waals surface area contributed by atoms with Crippen LogP contribution in [0.3, 0.4) is 0 Å². The van der Waals surface area contributed by atoms with E-state index in [0.717, 1.165) is 0 Å². The van der Waals surface area contributed by atoms with Gasteiger partial charge in [0.25, 0.3) is 0 Å². The third-order valence-corrected chi connectivity index (χ3v) is 2.04. The normalized spacial score (nSPS) is 17.1. The molecular formula is C7H10ClF3N4O. The topological polar surface area (TPSA) is 54.2 Å². The second-order valence-electron chi connectivity index (χ2n) is 3.12. The summed E-state index contributed by atoms with van der Waals surface area (Å²) in [5.74, 6) is -1.30. The van der Waals surface area contributed by atoms with E-state index in [4.69, 9.17) is 0 Å². The summed E-state index contributed by atoms with van der Waals surface area (Å²) in [5, 5.41) is 9.39. The average molecular weight is 259 g/mol. The Bertz CT molecular complexity index is 337. The van der Waals surface area contributed by atoms with Gasteiger partial charge in [0.05, 0.1) is 0 Å². The van der Waals surface area contributed by atoms with Crippen LogP contribution in [0.2, 0.25) is 0 Å². The number of hydrogen-bond donors (Lipinski definition) is 1. The van der Waals surface area contributed by atoms with Gasteiger partial charge in [0, 0.05) is 26.2 Å². The molecular weight excluding hydrogens is 249 g/mol. The second-order valence-corrected chi connectivity index (χ2v) is 3.12. The monoisotopic (exact) mass is 258 g/mol. The van der Waals surface area contributed by atoms with Crippen LogP contribution in [-0.2, 0) is 6.18 Å². The van der Waals surface area contributed by atoms with Crippen molar-refractivity contribution in [1.29, 1.82) is 0 Å². The SMILES string of the molecule is Cl.FC(F)(F)c1nnc(N2CCNCC2)o1. The van der Waals surface area contributed by atoms with Crippen molar-refractivity contribution in [2.75, 3.05) is 31.1 Å². The molecule has 9 heteroatoms. The zero-order valence-electron chi connectivity index (χ0n) is 8.12. The van der Waals surface area contributed by atoms with Gasteiger partial charge in [-0.25, -0.2) is 0 Å². The molecule has 2 heterocycles. The van der Waals surface area contributed by atoms with Crippen molar-refractivity contribution in [2.45, 2.75) is 6.18 Å². The first-order chi connectivity index (χ1) is 7.07. The van der Waals surface area contributed by atoms with Gasteiger partial charge < -0.3 is 14.6 Å². The molecule has 0 unspecified atom stereocenters. The van der Waals surface area contributed by atoms with Gasteiger partial charge in [-0.1, -0.05) is 5.10 Å². The molecule has 1 aliphatic rings. The van der Waals surface area contributed by atoms with E-state index in [2.05, 4.69) is 19.9 Å². The van der Waals surface area contributed by atoms with Crippen molar-refractivity contribution in [2.24, 2.45) is 0 Å². The van der Waals surface area contributed by atoms with Crippen LogP contribution in [0.5, 0.6) is 0 Å². The van der Waals surface area contributed by atoms with Gasteiger partial charge in [0.1, 0.15) is 0 Å². The predicted octanol–water partition coefficient (Wildman–Crippen LogP) is 0.920. The number of halogens is 4. The van der Waals surface area contributed by atoms with Gasteiger partial charge in [-0.05, 0) is 0 Å². The predicted molar refractivity (Wildman–Crippen MR) is 51.6 cm³/mol. The highest BCUT2D eigenvalue weighted by Gasteiger charge is 2.38. The molecule has 5 nitrogen and oxygen atoms in total. The lowest BCUT2D eigenvalue weighted by atomic mass is 10.4. The van der Waals surface area contributed by atoms with Crippen molar-refractivity contribution >= 4 is 18.4 Å². The van der Waals surface area contributed by atoms with E-state index in [1.807, 2.05) is 0 Å². The molecule has 0 amide bonds. The fourth-order valence-corrected chi connectivity index (χ4v) is 1.31. The van der Waals surface area contributed by atoms with Gasteiger partial charge in [0.15, 0.2) is 0 Å². The summed E-state index contributed by atoms with van der Waals surface area (Å²) < 4.78 is 41.0. The summed E-state index contributed by atoms with van der Waals surface area (Å²) in [6, 6.07) is -0.0659. The molecule has 2 rings (SSSR count). The highest BCUT2D eigenvalue weighted by atomic mass is 35.5. The molecule has 1 aromatic heterocycles. The highest BCUT2D eigenvalue weighted by Crippen LogP contribution is 2.29. The average Bonchev–Trinajstić information content (AvgIpc) is 2.67. The maximum absolute atomic E-state index is 12.1. The number of rotatable bonds is 1. The van der Waals surface area contributed by atoms with Crippen LogP contribution in [0.25, 0.3) is 0 Å². The third-order valence-electron chi connectivity index (χ3n) is 2.04. The smallest absolute Gasteiger partial charge is 0.399 e. The number of alkyl halides is 3. The van der Waals surface area contributed by atoms with Gasteiger partial charge in [-0.15, -0.1) is 17.5 Å². The molecule has 0 atom stereocenters. The molecule has 1 fully saturated rings. The van der Waals surface area contributed by atoms with Crippen LogP contribution in [0, 0.1) is 0 Å². The first-order valence-corrected chi connectivity index (χ1v) is 4.44. The lowest BCUT2D eigenvalue weighted by molar-refractivity contribution is -0.157. The molecule has 0 radical (unpaired) electrons. The van der Waals surface area contributed by atoms with E-state index in [-0.39, 0.29) is 18.4 Å². The molecule has 0 bridgehead atoms. The number of hydrogen-bond acceptors (Lipinski definition) is 5. The first kappa shape index (κ1) is 13.0. The van der Waals surface area contributed by atoms with Crippen LogP contribution in [-0.4, -0.2) is 36.4 Å². The summed E-state index contributed by atoms with van der Waals surface area (Å²) >= 11 is 0. The number of piperazine rings is 1. The van der Waals surface area contributed by atoms with Gasteiger partial charge in [-0.3, -0.25) is 0 Å². The van der Waals surface area contributed by atoms with E-state index >= 15 is 0 Å². The minimum Gasteiger partial charge on any atom is -0.399 e. The van der Waals surface area contributed by atoms with E-state index in [9.17, 15) is 13.2 Å². The van der Waals surface area contributed by atoms with Crippen LogP contribution in [0.4, 0.5) is 19.2 Å². The van der Waals surface area contributed by atoms with E-state index in [1.165, 1.54) is 0 Å². The molecule has 1 aliphatic heterocycles. The van der Waals surface area contributed by atoms with E-state index in [1.54, 1.807) is 4.90 Å². The maximum Gasteiger partial charge on any atom is 0.470 e. The molecule has 1 saturated heterocycles. The van der Waals surface area contributed by atoms with Gasteiger partial charge in [0.2, 0.25) is 0 Å². The number of anilines is 1. The zero-order chi connectivity index (χ0) is 10.9. The second kappa shape index (κ2) is 4.88. The molecule has 1 aromatic rings. The van der Waals surface area contributed by atoms with E-state index in [0.29, 0.717) is 26.2 Å². The quantitative estimate of drug-likeness (QED) is 0.812. The van der Waals surface area contributed by atoms with Crippen molar-refractivity contribution in [3.05, 3.63) is 5.89 Å². The number of nitrogens with one attached hydrogen (secondary N) is 1. The Labute approximate surface area is 95.4 Å². The molecule has 0 aliphatic carbocycles. The van der Waals surface area contributed by atoms with Crippen molar-refractivity contribution in [3.63, 3.8) is 0 Å². The molecule has 0 aromatic carbocycles. The lowest BCUT2D eigenvalue weighted by Crippen LogP contribution is -2.43. The van der Waals surface area contributed by atoms with Crippen LogP contribution >= 0.6 is 12.4 Å². The highest BCUT2D eigenvalue weighted by molar-refractivity contribution is 5.85. The summed E-state index contributed by atoms with van der Waals surface area (Å²) in [6.07, 6.45) is -4.57. The minimum absolute atomic E-state index is 0. The Morgan fingerprint density at radius 1 is 1.19 bits per heavy atom. The van der Waals surface area contributed by atoms with Crippen molar-refractivity contribution in [3.8, 4) is 0 Å². The maximum atomic E-state index is 12.1. The largest absolute Gasteiger partial charge is 0.470 e. The van der Waals surface area contributed by atoms with Gasteiger partial charge in [-0.2, -0.15) is 13.2 Å². The van der Waals surface area contributed by atoms with Crippen LogP contribution in [0.1, 0.15) is 5.89 Å². The van der Waals surface area contributed by atoms with Crippen molar-refractivity contribution in [1.82, 2.24) is 15.5 Å². The molecule has 92 valence electrons. The summed E-state index contributed by atoms with van der Waals surface area (Å²) in [6.45, 7) is 2.53. The number of aromatic nitrogens is 2. The Hall–Kier alpha value is -1.02. The summed E-state index contributed by atoms with van der Waals surface area (Å²) in [7, 11) is 0. The van der Waals surface area contributed by atoms with E-state index < -0.39 is 12.1 Å². The zero-order valence-corrected chi connectivity index (χ0v) is 8.94. The minimum atomic E-state index is -4.57. The Kier molecular flexibility index (Phi) is 3.98. The fourth-order valence-electron chi connectivity index (χ4n) is 1.31. The van der Waals surface area contributed by atoms with Crippen LogP contribution in [0.15, 0.2) is 4.42 Å². The third kappa shape index (κ3) is 2.76. The molecule has 0 saturated carbocycles. The summed E-state index contributed by atoms with van der Waals surface area (Å²) in [4.78, 5) is 1.62. The van der Waals surface area contributed by atoms with Crippen molar-refractivity contribution < 1.29 is 17.6 Å². The molecule has 1 N–H and O–H groups in total. The number of nitrogens with zero attached hydrogens (tertiary/aromatic N) is 3. The Morgan fingerprint density at radius 2 is 1.81 bits per heavy atom. The lowest BCUT2D eigenvalue weighted by Gasteiger charge is -2.24. The molecule has 16 heavy (non-hydrogen) atoms. The Balaban J connectivity index is 0.00000128. The standard InChI is InChI=1S/C7H9F3N4O.ClH/c8-7(9,10)5-12-13-6(15-5)14-3-1-11-2-4-14;/h11H,1-4H2;1H.